The molecule has 1 N–H and O–H groups in total. The van der Waals surface area contributed by atoms with Gasteiger partial charge in [-0.1, -0.05) is 29.8 Å². The van der Waals surface area contributed by atoms with Gasteiger partial charge in [0.15, 0.2) is 0 Å². The summed E-state index contributed by atoms with van der Waals surface area (Å²) in [5, 5.41) is 0.573. The highest BCUT2D eigenvalue weighted by molar-refractivity contribution is 7.85. The van der Waals surface area contributed by atoms with Crippen molar-refractivity contribution in [1.82, 2.24) is 0 Å². The SMILES string of the molecule is Cc1ccc(S(=O)(=O)O)cc1-c1cccc(Cl)c1. The molecule has 0 bridgehead atoms. The van der Waals surface area contributed by atoms with Crippen molar-refractivity contribution >= 4 is 21.7 Å². The third-order valence-electron chi connectivity index (χ3n) is 2.64. The molecule has 0 heterocycles. The topological polar surface area (TPSA) is 54.4 Å². The zero-order chi connectivity index (χ0) is 13.3. The van der Waals surface area contributed by atoms with Gasteiger partial charge in [-0.2, -0.15) is 8.42 Å². The van der Waals surface area contributed by atoms with Gasteiger partial charge < -0.3 is 0 Å². The van der Waals surface area contributed by atoms with Gasteiger partial charge in [-0.05, 0) is 47.9 Å². The largest absolute Gasteiger partial charge is 0.294 e. The van der Waals surface area contributed by atoms with Crippen molar-refractivity contribution in [2.75, 3.05) is 0 Å². The predicted molar refractivity (Wildman–Crippen MR) is 71.4 cm³/mol. The number of halogens is 1. The van der Waals surface area contributed by atoms with E-state index in [-0.39, 0.29) is 4.90 Å². The summed E-state index contributed by atoms with van der Waals surface area (Å²) in [6.45, 7) is 1.87. The third-order valence-corrected chi connectivity index (χ3v) is 3.73. The van der Waals surface area contributed by atoms with Crippen LogP contribution in [-0.4, -0.2) is 13.0 Å². The zero-order valence-corrected chi connectivity index (χ0v) is 11.2. The molecule has 0 aliphatic heterocycles. The third kappa shape index (κ3) is 2.72. The number of hydrogen-bond donors (Lipinski definition) is 1. The molecule has 0 spiro atoms. The Morgan fingerprint density at radius 3 is 2.44 bits per heavy atom. The van der Waals surface area contributed by atoms with E-state index in [9.17, 15) is 8.42 Å². The van der Waals surface area contributed by atoms with E-state index in [4.69, 9.17) is 16.2 Å². The monoisotopic (exact) mass is 282 g/mol. The standard InChI is InChI=1S/C13H11ClO3S/c1-9-5-6-12(18(15,16)17)8-13(9)10-3-2-4-11(14)7-10/h2-8H,1H3,(H,15,16,17). The van der Waals surface area contributed by atoms with Gasteiger partial charge in [-0.25, -0.2) is 0 Å². The first kappa shape index (κ1) is 13.1. The molecule has 0 radical (unpaired) electrons. The highest BCUT2D eigenvalue weighted by Crippen LogP contribution is 2.28. The molecule has 0 saturated heterocycles. The van der Waals surface area contributed by atoms with Crippen LogP contribution in [0.1, 0.15) is 5.56 Å². The maximum absolute atomic E-state index is 11.1. The van der Waals surface area contributed by atoms with Gasteiger partial charge in [0.1, 0.15) is 0 Å². The van der Waals surface area contributed by atoms with Gasteiger partial charge in [0.05, 0.1) is 4.90 Å². The van der Waals surface area contributed by atoms with Gasteiger partial charge in [-0.3, -0.25) is 4.55 Å². The van der Waals surface area contributed by atoms with Crippen LogP contribution in [-0.2, 0) is 10.1 Å². The summed E-state index contributed by atoms with van der Waals surface area (Å²) in [6.07, 6.45) is 0. The fourth-order valence-corrected chi connectivity index (χ4v) is 2.43. The van der Waals surface area contributed by atoms with Crippen molar-refractivity contribution in [2.24, 2.45) is 0 Å². The summed E-state index contributed by atoms with van der Waals surface area (Å²) >= 11 is 5.91. The second kappa shape index (κ2) is 4.72. The van der Waals surface area contributed by atoms with E-state index in [1.54, 1.807) is 24.3 Å². The van der Waals surface area contributed by atoms with Crippen molar-refractivity contribution in [3.63, 3.8) is 0 Å². The van der Waals surface area contributed by atoms with Gasteiger partial charge in [0.25, 0.3) is 10.1 Å². The summed E-state index contributed by atoms with van der Waals surface area (Å²) < 4.78 is 31.3. The maximum atomic E-state index is 11.1. The highest BCUT2D eigenvalue weighted by Gasteiger charge is 2.12. The van der Waals surface area contributed by atoms with Gasteiger partial charge in [-0.15, -0.1) is 0 Å². The molecule has 0 fully saturated rings. The first-order chi connectivity index (χ1) is 8.38. The van der Waals surface area contributed by atoms with E-state index >= 15 is 0 Å². The Morgan fingerprint density at radius 2 is 1.83 bits per heavy atom. The Balaban J connectivity index is 2.64. The molecule has 18 heavy (non-hydrogen) atoms. The first-order valence-corrected chi connectivity index (χ1v) is 7.04. The smallest absolute Gasteiger partial charge is 0.282 e. The molecule has 2 aromatic carbocycles. The van der Waals surface area contributed by atoms with Crippen LogP contribution in [0.2, 0.25) is 5.02 Å². The van der Waals surface area contributed by atoms with Crippen LogP contribution in [0.5, 0.6) is 0 Å². The van der Waals surface area contributed by atoms with E-state index in [0.717, 1.165) is 16.7 Å². The van der Waals surface area contributed by atoms with Crippen LogP contribution < -0.4 is 0 Å². The fourth-order valence-electron chi connectivity index (χ4n) is 1.73. The van der Waals surface area contributed by atoms with Crippen molar-refractivity contribution in [1.29, 1.82) is 0 Å². The maximum Gasteiger partial charge on any atom is 0.294 e. The zero-order valence-electron chi connectivity index (χ0n) is 9.59. The van der Waals surface area contributed by atoms with Crippen LogP contribution in [0.4, 0.5) is 0 Å². The van der Waals surface area contributed by atoms with Gasteiger partial charge in [0, 0.05) is 5.02 Å². The summed E-state index contributed by atoms with van der Waals surface area (Å²) in [6, 6.07) is 11.6. The van der Waals surface area contributed by atoms with Gasteiger partial charge in [0.2, 0.25) is 0 Å². The fraction of sp³-hybridized carbons (Fsp3) is 0.0769. The molecule has 2 rings (SSSR count). The highest BCUT2D eigenvalue weighted by atomic mass is 35.5. The van der Waals surface area contributed by atoms with E-state index in [1.165, 1.54) is 12.1 Å². The average Bonchev–Trinajstić information content (AvgIpc) is 2.28. The summed E-state index contributed by atoms with van der Waals surface area (Å²) in [7, 11) is -4.19. The molecule has 3 nitrogen and oxygen atoms in total. The van der Waals surface area contributed by atoms with Crippen LogP contribution >= 0.6 is 11.6 Å². The molecular formula is C13H11ClO3S. The first-order valence-electron chi connectivity index (χ1n) is 5.22. The lowest BCUT2D eigenvalue weighted by Crippen LogP contribution is -1.98. The number of benzene rings is 2. The van der Waals surface area contributed by atoms with E-state index in [0.29, 0.717) is 5.02 Å². The Labute approximate surface area is 111 Å². The minimum atomic E-state index is -4.19. The van der Waals surface area contributed by atoms with Crippen LogP contribution in [0.15, 0.2) is 47.4 Å². The molecule has 5 heteroatoms. The lowest BCUT2D eigenvalue weighted by molar-refractivity contribution is 0.483. The predicted octanol–water partition coefficient (Wildman–Crippen LogP) is 3.56. The van der Waals surface area contributed by atoms with Gasteiger partial charge >= 0.3 is 0 Å². The minimum Gasteiger partial charge on any atom is -0.282 e. The number of rotatable bonds is 2. The van der Waals surface area contributed by atoms with Crippen molar-refractivity contribution < 1.29 is 13.0 Å². The van der Waals surface area contributed by atoms with Crippen molar-refractivity contribution in [3.8, 4) is 11.1 Å². The molecule has 0 aromatic heterocycles. The molecule has 94 valence electrons. The normalized spacial score (nSPS) is 11.5. The average molecular weight is 283 g/mol. The van der Waals surface area contributed by atoms with E-state index in [2.05, 4.69) is 0 Å². The molecule has 0 aliphatic rings. The lowest BCUT2D eigenvalue weighted by Gasteiger charge is -2.08. The van der Waals surface area contributed by atoms with E-state index in [1.807, 2.05) is 13.0 Å². The van der Waals surface area contributed by atoms with Crippen LogP contribution in [0, 0.1) is 6.92 Å². The Hall–Kier alpha value is -1.36. The molecule has 0 amide bonds. The van der Waals surface area contributed by atoms with Crippen LogP contribution in [0.25, 0.3) is 11.1 Å². The Kier molecular flexibility index (Phi) is 3.43. The molecule has 0 saturated carbocycles. The van der Waals surface area contributed by atoms with E-state index < -0.39 is 10.1 Å². The summed E-state index contributed by atoms with van der Waals surface area (Å²) in [5.74, 6) is 0. The Bertz CT molecular complexity index is 693. The molecule has 2 aromatic rings. The lowest BCUT2D eigenvalue weighted by atomic mass is 10.0. The number of aryl methyl sites for hydroxylation is 1. The molecular weight excluding hydrogens is 272 g/mol. The van der Waals surface area contributed by atoms with Crippen molar-refractivity contribution in [3.05, 3.63) is 53.1 Å². The molecule has 0 unspecified atom stereocenters. The quantitative estimate of drug-likeness (QED) is 0.857. The molecule has 0 atom stereocenters. The van der Waals surface area contributed by atoms with Crippen LogP contribution in [0.3, 0.4) is 0 Å². The summed E-state index contributed by atoms with van der Waals surface area (Å²) in [4.78, 5) is -0.122. The Morgan fingerprint density at radius 1 is 1.11 bits per heavy atom. The number of hydrogen-bond acceptors (Lipinski definition) is 2. The molecule has 0 aliphatic carbocycles. The minimum absolute atomic E-state index is 0.122. The van der Waals surface area contributed by atoms with Crippen molar-refractivity contribution in [2.45, 2.75) is 11.8 Å². The second-order valence-electron chi connectivity index (χ2n) is 3.96. The summed E-state index contributed by atoms with van der Waals surface area (Å²) in [5.41, 5.74) is 2.45. The second-order valence-corrected chi connectivity index (χ2v) is 5.82.